The van der Waals surface area contributed by atoms with Crippen LogP contribution in [-0.4, -0.2) is 21.1 Å². The summed E-state index contributed by atoms with van der Waals surface area (Å²) in [6, 6.07) is 11.3. The minimum absolute atomic E-state index is 0.0864. The van der Waals surface area contributed by atoms with Crippen LogP contribution in [0.4, 0.5) is 5.69 Å². The molecule has 0 saturated heterocycles. The molecule has 1 N–H and O–H groups in total. The number of benzene rings is 1. The Morgan fingerprint density at radius 1 is 1.22 bits per heavy atom. The van der Waals surface area contributed by atoms with Crippen molar-refractivity contribution >= 4 is 11.6 Å². The lowest BCUT2D eigenvalue weighted by molar-refractivity contribution is -0.116. The molecule has 0 saturated carbocycles. The summed E-state index contributed by atoms with van der Waals surface area (Å²) in [6.45, 7) is 1.98. The van der Waals surface area contributed by atoms with Gasteiger partial charge < -0.3 is 9.73 Å². The second-order valence-corrected chi connectivity index (χ2v) is 5.16. The Balaban J connectivity index is 1.56. The number of nitrogens with one attached hydrogen (secondary N) is 1. The number of rotatable bonds is 5. The van der Waals surface area contributed by atoms with Crippen LogP contribution in [0.2, 0.25) is 0 Å². The van der Waals surface area contributed by atoms with E-state index in [1.165, 1.54) is 0 Å². The monoisotopic (exact) mass is 308 g/mol. The molecule has 2 heterocycles. The Labute approximate surface area is 133 Å². The lowest BCUT2D eigenvalue weighted by atomic mass is 10.2. The molecule has 23 heavy (non-hydrogen) atoms. The molecule has 6 heteroatoms. The Hall–Kier alpha value is -3.02. The molecule has 0 spiro atoms. The Morgan fingerprint density at radius 3 is 2.91 bits per heavy atom. The molecule has 2 aromatic heterocycles. The highest BCUT2D eigenvalue weighted by molar-refractivity contribution is 5.90. The molecule has 0 aliphatic heterocycles. The molecule has 1 aromatic carbocycles. The second-order valence-electron chi connectivity index (χ2n) is 5.16. The number of pyridine rings is 1. The first-order chi connectivity index (χ1) is 11.2. The van der Waals surface area contributed by atoms with Gasteiger partial charge in [0, 0.05) is 30.9 Å². The zero-order valence-electron chi connectivity index (χ0n) is 12.7. The summed E-state index contributed by atoms with van der Waals surface area (Å²) >= 11 is 0. The van der Waals surface area contributed by atoms with Crippen molar-refractivity contribution in [3.05, 3.63) is 60.2 Å². The van der Waals surface area contributed by atoms with Gasteiger partial charge in [-0.25, -0.2) is 0 Å². The van der Waals surface area contributed by atoms with Crippen LogP contribution in [0.1, 0.15) is 17.9 Å². The highest BCUT2D eigenvalue weighted by Crippen LogP contribution is 2.17. The number of anilines is 1. The van der Waals surface area contributed by atoms with E-state index in [1.807, 2.05) is 37.3 Å². The van der Waals surface area contributed by atoms with Crippen LogP contribution >= 0.6 is 0 Å². The number of carbonyl (C=O) groups is 1. The van der Waals surface area contributed by atoms with Gasteiger partial charge in [-0.1, -0.05) is 12.1 Å². The van der Waals surface area contributed by atoms with Crippen LogP contribution in [0.3, 0.4) is 0 Å². The number of carbonyl (C=O) groups excluding carboxylic acids is 1. The maximum absolute atomic E-state index is 12.0. The summed E-state index contributed by atoms with van der Waals surface area (Å²) in [5.74, 6) is 0.757. The van der Waals surface area contributed by atoms with Gasteiger partial charge in [-0.3, -0.25) is 9.78 Å². The summed E-state index contributed by atoms with van der Waals surface area (Å²) in [5, 5.41) is 10.8. The minimum atomic E-state index is -0.0864. The van der Waals surface area contributed by atoms with Gasteiger partial charge in [-0.15, -0.1) is 10.2 Å². The van der Waals surface area contributed by atoms with E-state index in [-0.39, 0.29) is 12.3 Å². The first kappa shape index (κ1) is 14.9. The molecule has 6 nitrogen and oxygen atoms in total. The van der Waals surface area contributed by atoms with Gasteiger partial charge in [0.25, 0.3) is 0 Å². The summed E-state index contributed by atoms with van der Waals surface area (Å²) < 4.78 is 5.55. The summed E-state index contributed by atoms with van der Waals surface area (Å²) in [6.07, 6.45) is 4.01. The van der Waals surface area contributed by atoms with Crippen LogP contribution in [0.25, 0.3) is 11.5 Å². The van der Waals surface area contributed by atoms with E-state index in [4.69, 9.17) is 4.42 Å². The van der Waals surface area contributed by atoms with Gasteiger partial charge in [0.15, 0.2) is 0 Å². The number of hydrogen-bond donors (Lipinski definition) is 1. The van der Waals surface area contributed by atoms with Crippen molar-refractivity contribution in [2.45, 2.75) is 19.8 Å². The van der Waals surface area contributed by atoms with Gasteiger partial charge in [-0.2, -0.15) is 0 Å². The van der Waals surface area contributed by atoms with Crippen LogP contribution in [0, 0.1) is 6.92 Å². The Kier molecular flexibility index (Phi) is 4.42. The van der Waals surface area contributed by atoms with Crippen LogP contribution in [0.5, 0.6) is 0 Å². The van der Waals surface area contributed by atoms with E-state index >= 15 is 0 Å². The average molecular weight is 308 g/mol. The summed E-state index contributed by atoms with van der Waals surface area (Å²) in [7, 11) is 0. The quantitative estimate of drug-likeness (QED) is 0.783. The number of aromatic nitrogens is 3. The normalized spacial score (nSPS) is 10.5. The highest BCUT2D eigenvalue weighted by atomic mass is 16.4. The SMILES string of the molecule is Cc1cccc(NC(=O)CCc2nnc(-c3cccnc3)o2)c1. The number of nitrogens with zero attached hydrogens (tertiary/aromatic N) is 3. The fourth-order valence-electron chi connectivity index (χ4n) is 2.13. The molecule has 0 aliphatic carbocycles. The molecule has 0 atom stereocenters. The van der Waals surface area contributed by atoms with Crippen molar-refractivity contribution < 1.29 is 9.21 Å². The van der Waals surface area contributed by atoms with Crippen LogP contribution < -0.4 is 5.32 Å². The molecular weight excluding hydrogens is 292 g/mol. The molecule has 116 valence electrons. The fraction of sp³-hybridized carbons (Fsp3) is 0.176. The van der Waals surface area contributed by atoms with E-state index in [9.17, 15) is 4.79 Å². The van der Waals surface area contributed by atoms with Gasteiger partial charge in [0.1, 0.15) is 0 Å². The van der Waals surface area contributed by atoms with E-state index < -0.39 is 0 Å². The van der Waals surface area contributed by atoms with Crippen molar-refractivity contribution in [2.75, 3.05) is 5.32 Å². The Bertz CT molecular complexity index is 799. The molecule has 1 amide bonds. The third kappa shape index (κ3) is 4.00. The first-order valence-corrected chi connectivity index (χ1v) is 7.30. The molecule has 3 aromatic rings. The molecule has 0 bridgehead atoms. The zero-order chi connectivity index (χ0) is 16.1. The molecule has 0 aliphatic rings. The van der Waals surface area contributed by atoms with Crippen molar-refractivity contribution in [3.8, 4) is 11.5 Å². The largest absolute Gasteiger partial charge is 0.421 e. The predicted octanol–water partition coefficient (Wildman–Crippen LogP) is 3.01. The van der Waals surface area contributed by atoms with Gasteiger partial charge in [0.05, 0.1) is 5.56 Å². The van der Waals surface area contributed by atoms with Gasteiger partial charge in [-0.05, 0) is 36.8 Å². The van der Waals surface area contributed by atoms with Crippen LogP contribution in [-0.2, 0) is 11.2 Å². The van der Waals surface area contributed by atoms with Gasteiger partial charge in [0.2, 0.25) is 17.7 Å². The van der Waals surface area contributed by atoms with Crippen molar-refractivity contribution in [1.29, 1.82) is 0 Å². The summed E-state index contributed by atoms with van der Waals surface area (Å²) in [4.78, 5) is 16.0. The van der Waals surface area contributed by atoms with E-state index in [2.05, 4.69) is 20.5 Å². The van der Waals surface area contributed by atoms with Crippen molar-refractivity contribution in [2.24, 2.45) is 0 Å². The van der Waals surface area contributed by atoms with E-state index in [1.54, 1.807) is 18.5 Å². The maximum atomic E-state index is 12.0. The van der Waals surface area contributed by atoms with Crippen molar-refractivity contribution in [1.82, 2.24) is 15.2 Å². The number of hydrogen-bond acceptors (Lipinski definition) is 5. The Morgan fingerprint density at radius 2 is 2.13 bits per heavy atom. The lowest BCUT2D eigenvalue weighted by Crippen LogP contribution is -2.12. The molecule has 3 rings (SSSR count). The standard InChI is InChI=1S/C17H16N4O2/c1-12-4-2-6-14(10-12)19-15(22)7-8-16-20-21-17(23-16)13-5-3-9-18-11-13/h2-6,9-11H,7-8H2,1H3,(H,19,22). The first-order valence-electron chi connectivity index (χ1n) is 7.30. The summed E-state index contributed by atoms with van der Waals surface area (Å²) in [5.41, 5.74) is 2.65. The molecule has 0 fully saturated rings. The smallest absolute Gasteiger partial charge is 0.249 e. The predicted molar refractivity (Wildman–Crippen MR) is 85.7 cm³/mol. The lowest BCUT2D eigenvalue weighted by Gasteiger charge is -2.04. The van der Waals surface area contributed by atoms with E-state index in [0.717, 1.165) is 16.8 Å². The second kappa shape index (κ2) is 6.83. The van der Waals surface area contributed by atoms with Crippen molar-refractivity contribution in [3.63, 3.8) is 0 Å². The fourth-order valence-corrected chi connectivity index (χ4v) is 2.13. The van der Waals surface area contributed by atoms with Crippen LogP contribution in [0.15, 0.2) is 53.2 Å². The van der Waals surface area contributed by atoms with Gasteiger partial charge >= 0.3 is 0 Å². The maximum Gasteiger partial charge on any atom is 0.249 e. The zero-order valence-corrected chi connectivity index (χ0v) is 12.7. The highest BCUT2D eigenvalue weighted by Gasteiger charge is 2.10. The number of amides is 1. The molecule has 0 unspecified atom stereocenters. The third-order valence-electron chi connectivity index (χ3n) is 3.24. The van der Waals surface area contributed by atoms with E-state index in [0.29, 0.717) is 18.2 Å². The average Bonchev–Trinajstić information content (AvgIpc) is 3.03. The third-order valence-corrected chi connectivity index (χ3v) is 3.24. The number of aryl methyl sites for hydroxylation is 2. The molecular formula is C17H16N4O2. The minimum Gasteiger partial charge on any atom is -0.421 e. The topological polar surface area (TPSA) is 80.9 Å². The molecule has 0 radical (unpaired) electrons.